The number of carboxylic acid groups (broad SMARTS) is 1. The number of halogens is 1. The van der Waals surface area contributed by atoms with Gasteiger partial charge in [0.25, 0.3) is 5.24 Å². The van der Waals surface area contributed by atoms with Crippen LogP contribution in [0.5, 0.6) is 0 Å². The molecule has 0 aromatic heterocycles. The Bertz CT molecular complexity index is 329. The molecule has 1 aromatic carbocycles. The molecule has 0 radical (unpaired) electrons. The summed E-state index contributed by atoms with van der Waals surface area (Å²) in [7, 11) is 0. The number of carbonyl (C=O) groups is 2. The monoisotopic (exact) mass is 198 g/mol. The van der Waals surface area contributed by atoms with Crippen molar-refractivity contribution in [2.45, 2.75) is 6.42 Å². The first-order valence-electron chi connectivity index (χ1n) is 3.60. The molecule has 4 heteroatoms. The van der Waals surface area contributed by atoms with Gasteiger partial charge >= 0.3 is 5.97 Å². The minimum absolute atomic E-state index is 0.0449. The summed E-state index contributed by atoms with van der Waals surface area (Å²) >= 11 is 5.21. The summed E-state index contributed by atoms with van der Waals surface area (Å²) < 4.78 is 0. The van der Waals surface area contributed by atoms with Crippen LogP contribution in [0.15, 0.2) is 24.3 Å². The number of benzene rings is 1. The fourth-order valence-corrected chi connectivity index (χ4v) is 1.05. The van der Waals surface area contributed by atoms with Crippen molar-refractivity contribution in [3.8, 4) is 0 Å². The van der Waals surface area contributed by atoms with Crippen LogP contribution in [0.2, 0.25) is 0 Å². The minimum Gasteiger partial charge on any atom is -0.481 e. The van der Waals surface area contributed by atoms with Gasteiger partial charge in [-0.25, -0.2) is 0 Å². The molecule has 0 fully saturated rings. The van der Waals surface area contributed by atoms with Crippen LogP contribution in [0.1, 0.15) is 15.9 Å². The lowest BCUT2D eigenvalue weighted by molar-refractivity contribution is -0.136. The van der Waals surface area contributed by atoms with Crippen LogP contribution in [0.3, 0.4) is 0 Å². The zero-order chi connectivity index (χ0) is 9.84. The van der Waals surface area contributed by atoms with E-state index in [1.54, 1.807) is 12.1 Å². The molecule has 0 bridgehead atoms. The lowest BCUT2D eigenvalue weighted by Crippen LogP contribution is -2.00. The van der Waals surface area contributed by atoms with E-state index in [9.17, 15) is 9.59 Å². The molecule has 3 nitrogen and oxygen atoms in total. The third-order valence-electron chi connectivity index (χ3n) is 1.54. The van der Waals surface area contributed by atoms with E-state index in [1.165, 1.54) is 12.1 Å². The second-order valence-corrected chi connectivity index (χ2v) is 2.88. The van der Waals surface area contributed by atoms with Gasteiger partial charge in [-0.05, 0) is 29.3 Å². The van der Waals surface area contributed by atoms with Crippen LogP contribution in [0, 0.1) is 0 Å². The zero-order valence-corrected chi connectivity index (χ0v) is 7.41. The van der Waals surface area contributed by atoms with E-state index < -0.39 is 11.2 Å². The third-order valence-corrected chi connectivity index (χ3v) is 1.75. The van der Waals surface area contributed by atoms with E-state index in [2.05, 4.69) is 0 Å². The largest absolute Gasteiger partial charge is 0.481 e. The van der Waals surface area contributed by atoms with Crippen molar-refractivity contribution in [3.63, 3.8) is 0 Å². The topological polar surface area (TPSA) is 54.4 Å². The summed E-state index contributed by atoms with van der Waals surface area (Å²) in [6.45, 7) is 0. The fourth-order valence-electron chi connectivity index (χ4n) is 0.928. The van der Waals surface area contributed by atoms with Crippen LogP contribution < -0.4 is 0 Å². The second kappa shape index (κ2) is 4.05. The number of hydrogen-bond donors (Lipinski definition) is 1. The molecule has 0 spiro atoms. The van der Waals surface area contributed by atoms with E-state index in [4.69, 9.17) is 16.7 Å². The van der Waals surface area contributed by atoms with E-state index in [0.717, 1.165) is 0 Å². The maximum atomic E-state index is 10.6. The van der Waals surface area contributed by atoms with Crippen molar-refractivity contribution in [1.82, 2.24) is 0 Å². The number of rotatable bonds is 3. The molecular formula is C9H7ClO3. The molecule has 0 aliphatic heterocycles. The Hall–Kier alpha value is -1.35. The molecular weight excluding hydrogens is 192 g/mol. The van der Waals surface area contributed by atoms with Crippen molar-refractivity contribution in [2.24, 2.45) is 0 Å². The Morgan fingerprint density at radius 3 is 2.15 bits per heavy atom. The van der Waals surface area contributed by atoms with Crippen LogP contribution in [-0.4, -0.2) is 16.3 Å². The first-order valence-corrected chi connectivity index (χ1v) is 3.98. The summed E-state index contributed by atoms with van der Waals surface area (Å²) in [4.78, 5) is 20.9. The highest BCUT2D eigenvalue weighted by atomic mass is 35.5. The van der Waals surface area contributed by atoms with Gasteiger partial charge in [-0.1, -0.05) is 12.1 Å². The number of carbonyl (C=O) groups excluding carboxylic acids is 1. The van der Waals surface area contributed by atoms with Crippen molar-refractivity contribution in [3.05, 3.63) is 35.4 Å². The van der Waals surface area contributed by atoms with Gasteiger partial charge in [0.2, 0.25) is 0 Å². The Morgan fingerprint density at radius 2 is 1.77 bits per heavy atom. The smallest absolute Gasteiger partial charge is 0.307 e. The van der Waals surface area contributed by atoms with Gasteiger partial charge in [-0.2, -0.15) is 0 Å². The second-order valence-electron chi connectivity index (χ2n) is 2.54. The molecule has 0 aliphatic carbocycles. The summed E-state index contributed by atoms with van der Waals surface area (Å²) in [5.41, 5.74) is 1.02. The van der Waals surface area contributed by atoms with Gasteiger partial charge in [0.15, 0.2) is 0 Å². The highest BCUT2D eigenvalue weighted by molar-refractivity contribution is 6.67. The molecule has 13 heavy (non-hydrogen) atoms. The standard InChI is InChI=1S/C9H7ClO3/c10-9(13)7-3-1-6(2-4-7)5-8(11)12/h1-4H,5H2,(H,11,12). The Balaban J connectivity index is 2.81. The molecule has 0 atom stereocenters. The van der Waals surface area contributed by atoms with E-state index in [-0.39, 0.29) is 6.42 Å². The van der Waals surface area contributed by atoms with Gasteiger partial charge < -0.3 is 5.11 Å². The van der Waals surface area contributed by atoms with Gasteiger partial charge in [0, 0.05) is 5.56 Å². The number of hydrogen-bond acceptors (Lipinski definition) is 2. The molecule has 0 heterocycles. The lowest BCUT2D eigenvalue weighted by Gasteiger charge is -1.97. The SMILES string of the molecule is O=C(O)Cc1ccc(C(=O)Cl)cc1. The Morgan fingerprint density at radius 1 is 1.23 bits per heavy atom. The molecule has 0 unspecified atom stereocenters. The highest BCUT2D eigenvalue weighted by Crippen LogP contribution is 2.07. The normalized spacial score (nSPS) is 9.62. The van der Waals surface area contributed by atoms with Crippen molar-refractivity contribution < 1.29 is 14.7 Å². The maximum absolute atomic E-state index is 10.6. The molecule has 1 rings (SSSR count). The zero-order valence-electron chi connectivity index (χ0n) is 6.66. The summed E-state index contributed by atoms with van der Waals surface area (Å²) in [5, 5.41) is 7.91. The summed E-state index contributed by atoms with van der Waals surface area (Å²) in [5.74, 6) is -0.898. The van der Waals surface area contributed by atoms with Gasteiger partial charge in [-0.15, -0.1) is 0 Å². The number of carboxylic acids is 1. The van der Waals surface area contributed by atoms with Gasteiger partial charge in [-0.3, -0.25) is 9.59 Å². The third kappa shape index (κ3) is 2.87. The van der Waals surface area contributed by atoms with Gasteiger partial charge in [0.1, 0.15) is 0 Å². The molecule has 0 amide bonds. The molecule has 1 N–H and O–H groups in total. The van der Waals surface area contributed by atoms with Gasteiger partial charge in [0.05, 0.1) is 6.42 Å². The van der Waals surface area contributed by atoms with Crippen molar-refractivity contribution >= 4 is 22.8 Å². The van der Waals surface area contributed by atoms with Crippen LogP contribution >= 0.6 is 11.6 Å². The lowest BCUT2D eigenvalue weighted by atomic mass is 10.1. The van der Waals surface area contributed by atoms with Crippen molar-refractivity contribution in [1.29, 1.82) is 0 Å². The fraction of sp³-hybridized carbons (Fsp3) is 0.111. The molecule has 0 aliphatic rings. The van der Waals surface area contributed by atoms with Crippen molar-refractivity contribution in [2.75, 3.05) is 0 Å². The molecule has 0 saturated carbocycles. The first kappa shape index (κ1) is 9.74. The van der Waals surface area contributed by atoms with E-state index >= 15 is 0 Å². The summed E-state index contributed by atoms with van der Waals surface area (Å²) in [6.07, 6.45) is -0.0449. The first-order chi connectivity index (χ1) is 6.09. The minimum atomic E-state index is -0.898. The number of aliphatic carboxylic acids is 1. The van der Waals surface area contributed by atoms with Crippen LogP contribution in [-0.2, 0) is 11.2 Å². The highest BCUT2D eigenvalue weighted by Gasteiger charge is 2.03. The quantitative estimate of drug-likeness (QED) is 0.752. The molecule has 68 valence electrons. The van der Waals surface area contributed by atoms with E-state index in [0.29, 0.717) is 11.1 Å². The molecule has 0 saturated heterocycles. The predicted octanol–water partition coefficient (Wildman–Crippen LogP) is 1.69. The Kier molecular flexibility index (Phi) is 3.03. The average Bonchev–Trinajstić information content (AvgIpc) is 2.04. The average molecular weight is 199 g/mol. The maximum Gasteiger partial charge on any atom is 0.307 e. The Labute approximate surface area is 79.9 Å². The van der Waals surface area contributed by atoms with Crippen LogP contribution in [0.4, 0.5) is 0 Å². The van der Waals surface area contributed by atoms with E-state index in [1.807, 2.05) is 0 Å². The summed E-state index contributed by atoms with van der Waals surface area (Å²) in [6, 6.07) is 6.16. The predicted molar refractivity (Wildman–Crippen MR) is 48.0 cm³/mol. The van der Waals surface area contributed by atoms with Crippen LogP contribution in [0.25, 0.3) is 0 Å². The molecule has 1 aromatic rings.